The van der Waals surface area contributed by atoms with E-state index < -0.39 is 5.97 Å². The predicted octanol–water partition coefficient (Wildman–Crippen LogP) is 10.3. The van der Waals surface area contributed by atoms with Crippen LogP contribution in [0.4, 0.5) is 0 Å². The lowest BCUT2D eigenvalue weighted by molar-refractivity contribution is -0.137. The van der Waals surface area contributed by atoms with Crippen LogP contribution in [0.2, 0.25) is 0 Å². The van der Waals surface area contributed by atoms with Crippen molar-refractivity contribution in [1.82, 2.24) is 0 Å². The topological polar surface area (TPSA) is 37.3 Å². The third-order valence-corrected chi connectivity index (χ3v) is 6.49. The van der Waals surface area contributed by atoms with Gasteiger partial charge in [-0.3, -0.25) is 4.79 Å². The summed E-state index contributed by atoms with van der Waals surface area (Å²) in [4.78, 5) is 10.4. The van der Waals surface area contributed by atoms with Gasteiger partial charge < -0.3 is 5.11 Å². The van der Waals surface area contributed by atoms with Crippen LogP contribution in [-0.2, 0) is 4.79 Å². The van der Waals surface area contributed by atoms with Crippen molar-refractivity contribution in [2.24, 2.45) is 0 Å². The van der Waals surface area contributed by atoms with Crippen molar-refractivity contribution in [3.05, 3.63) is 7.43 Å². The molecule has 0 unspecified atom stereocenters. The van der Waals surface area contributed by atoms with E-state index in [1.54, 1.807) is 0 Å². The molecular formula is C29H56O2. The standard InChI is InChI=1S/C28H56O2.C/c1-2-3-4-5-6-7-8-9-10-11-12-13-14-15-16-17-18-19-20-21-22-23-24-25-26-27-28(29)30;/h2-27H2,1H3,(H,29,30);. The van der Waals surface area contributed by atoms with Crippen LogP contribution in [0, 0.1) is 7.43 Å². The van der Waals surface area contributed by atoms with E-state index in [9.17, 15) is 4.79 Å². The van der Waals surface area contributed by atoms with E-state index in [0.29, 0.717) is 6.42 Å². The zero-order valence-electron chi connectivity index (χ0n) is 21.2. The summed E-state index contributed by atoms with van der Waals surface area (Å²) in [6, 6.07) is 0. The van der Waals surface area contributed by atoms with Crippen molar-refractivity contribution in [1.29, 1.82) is 0 Å². The van der Waals surface area contributed by atoms with Crippen molar-refractivity contribution < 1.29 is 9.90 Å². The fraction of sp³-hybridized carbons (Fsp3) is 0.931. The van der Waals surface area contributed by atoms with Gasteiger partial charge >= 0.3 is 5.97 Å². The Morgan fingerprint density at radius 2 is 0.613 bits per heavy atom. The van der Waals surface area contributed by atoms with E-state index in [1.807, 2.05) is 0 Å². The number of carboxylic acid groups (broad SMARTS) is 1. The second kappa shape index (κ2) is 29.5. The molecule has 0 aliphatic carbocycles. The van der Waals surface area contributed by atoms with E-state index in [4.69, 9.17) is 5.11 Å². The molecule has 0 aromatic heterocycles. The molecule has 0 bridgehead atoms. The van der Waals surface area contributed by atoms with Crippen LogP contribution >= 0.6 is 0 Å². The molecule has 0 heterocycles. The summed E-state index contributed by atoms with van der Waals surface area (Å²) < 4.78 is 0. The number of hydrogen-bond donors (Lipinski definition) is 1. The Morgan fingerprint density at radius 1 is 0.419 bits per heavy atom. The minimum absolute atomic E-state index is 0. The van der Waals surface area contributed by atoms with Crippen molar-refractivity contribution >= 4 is 5.97 Å². The quantitative estimate of drug-likeness (QED) is 0.137. The fourth-order valence-electron chi connectivity index (χ4n) is 4.42. The van der Waals surface area contributed by atoms with E-state index in [1.165, 1.54) is 148 Å². The van der Waals surface area contributed by atoms with Crippen LogP contribution in [0.25, 0.3) is 0 Å². The molecule has 0 spiro atoms. The smallest absolute Gasteiger partial charge is 0.303 e. The molecule has 0 aromatic carbocycles. The Kier molecular flexibility index (Phi) is 31.0. The molecule has 2 nitrogen and oxygen atoms in total. The van der Waals surface area contributed by atoms with Crippen LogP contribution in [0.3, 0.4) is 0 Å². The van der Waals surface area contributed by atoms with Crippen LogP contribution in [-0.4, -0.2) is 11.1 Å². The van der Waals surface area contributed by atoms with Gasteiger partial charge in [0.15, 0.2) is 0 Å². The molecule has 0 atom stereocenters. The van der Waals surface area contributed by atoms with Gasteiger partial charge in [0.05, 0.1) is 0 Å². The van der Waals surface area contributed by atoms with Gasteiger partial charge in [0, 0.05) is 13.8 Å². The van der Waals surface area contributed by atoms with Gasteiger partial charge in [-0.25, -0.2) is 0 Å². The summed E-state index contributed by atoms with van der Waals surface area (Å²) in [5, 5.41) is 8.60. The highest BCUT2D eigenvalue weighted by Gasteiger charge is 1.97. The van der Waals surface area contributed by atoms with E-state index in [2.05, 4.69) is 6.92 Å². The zero-order chi connectivity index (χ0) is 22.0. The summed E-state index contributed by atoms with van der Waals surface area (Å²) in [5.41, 5.74) is 0. The zero-order valence-corrected chi connectivity index (χ0v) is 21.2. The fourth-order valence-corrected chi connectivity index (χ4v) is 4.42. The minimum atomic E-state index is -0.649. The maximum absolute atomic E-state index is 10.4. The molecule has 0 aliphatic heterocycles. The molecule has 2 heteroatoms. The Labute approximate surface area is 197 Å². The van der Waals surface area contributed by atoms with Gasteiger partial charge in [-0.05, 0) is 6.42 Å². The molecule has 0 rings (SSSR count). The number of carboxylic acids is 1. The first-order valence-electron chi connectivity index (χ1n) is 14.0. The lowest BCUT2D eigenvalue weighted by Gasteiger charge is -2.04. The third kappa shape index (κ3) is 31.7. The van der Waals surface area contributed by atoms with Crippen LogP contribution < -0.4 is 0 Å². The first kappa shape index (κ1) is 32.6. The molecule has 0 saturated carbocycles. The average Bonchev–Trinajstić information content (AvgIpc) is 2.73. The van der Waals surface area contributed by atoms with E-state index >= 15 is 0 Å². The molecule has 4 radical (unpaired) electrons. The highest BCUT2D eigenvalue weighted by atomic mass is 16.4. The van der Waals surface area contributed by atoms with Crippen molar-refractivity contribution in [2.75, 3.05) is 0 Å². The van der Waals surface area contributed by atoms with Crippen molar-refractivity contribution in [2.45, 2.75) is 174 Å². The van der Waals surface area contributed by atoms with Gasteiger partial charge in [-0.2, -0.15) is 0 Å². The lowest BCUT2D eigenvalue weighted by Crippen LogP contribution is -1.93. The summed E-state index contributed by atoms with van der Waals surface area (Å²) in [5.74, 6) is -0.649. The first-order valence-corrected chi connectivity index (χ1v) is 14.0. The highest BCUT2D eigenvalue weighted by Crippen LogP contribution is 2.15. The van der Waals surface area contributed by atoms with Crippen molar-refractivity contribution in [3.63, 3.8) is 0 Å². The number of aliphatic carboxylic acids is 1. The molecule has 0 aliphatic rings. The normalized spacial score (nSPS) is 10.9. The van der Waals surface area contributed by atoms with E-state index in [-0.39, 0.29) is 7.43 Å². The second-order valence-electron chi connectivity index (χ2n) is 9.63. The molecule has 0 aromatic rings. The molecule has 0 amide bonds. The number of rotatable bonds is 26. The van der Waals surface area contributed by atoms with Crippen LogP contribution in [0.15, 0.2) is 0 Å². The highest BCUT2D eigenvalue weighted by molar-refractivity contribution is 5.66. The first-order chi connectivity index (χ1) is 14.8. The summed E-state index contributed by atoms with van der Waals surface area (Å²) in [6.07, 6.45) is 35.0. The third-order valence-electron chi connectivity index (χ3n) is 6.49. The Balaban J connectivity index is 0. The molecule has 1 N–H and O–H groups in total. The summed E-state index contributed by atoms with van der Waals surface area (Å²) in [6.45, 7) is 2.29. The second-order valence-corrected chi connectivity index (χ2v) is 9.63. The molecule has 0 fully saturated rings. The molecule has 184 valence electrons. The number of carbonyl (C=O) groups is 1. The maximum atomic E-state index is 10.4. The van der Waals surface area contributed by atoms with Crippen molar-refractivity contribution in [3.8, 4) is 0 Å². The molecule has 31 heavy (non-hydrogen) atoms. The average molecular weight is 437 g/mol. The largest absolute Gasteiger partial charge is 0.481 e. The van der Waals surface area contributed by atoms with Crippen LogP contribution in [0.5, 0.6) is 0 Å². The monoisotopic (exact) mass is 436 g/mol. The minimum Gasteiger partial charge on any atom is -0.481 e. The van der Waals surface area contributed by atoms with E-state index in [0.717, 1.165) is 12.8 Å². The van der Waals surface area contributed by atoms with Gasteiger partial charge in [-0.1, -0.05) is 161 Å². The maximum Gasteiger partial charge on any atom is 0.303 e. The van der Waals surface area contributed by atoms with Gasteiger partial charge in [0.1, 0.15) is 0 Å². The summed E-state index contributed by atoms with van der Waals surface area (Å²) >= 11 is 0. The molecular weight excluding hydrogens is 380 g/mol. The number of hydrogen-bond acceptors (Lipinski definition) is 1. The Bertz CT molecular complexity index is 327. The number of unbranched alkanes of at least 4 members (excludes halogenated alkanes) is 24. The Hall–Kier alpha value is -0.530. The van der Waals surface area contributed by atoms with Gasteiger partial charge in [0.2, 0.25) is 0 Å². The Morgan fingerprint density at radius 3 is 0.806 bits per heavy atom. The van der Waals surface area contributed by atoms with Crippen LogP contribution in [0.1, 0.15) is 174 Å². The lowest BCUT2D eigenvalue weighted by atomic mass is 10.0. The molecule has 0 saturated heterocycles. The van der Waals surface area contributed by atoms with Gasteiger partial charge in [-0.15, -0.1) is 0 Å². The predicted molar refractivity (Wildman–Crippen MR) is 137 cm³/mol. The van der Waals surface area contributed by atoms with Gasteiger partial charge in [0.25, 0.3) is 0 Å². The SMILES string of the molecule is CCCCCCCCCCCCCCCCCCCCCCCCCCCC(=O)O.[C]. The summed E-state index contributed by atoms with van der Waals surface area (Å²) in [7, 11) is 0.